The van der Waals surface area contributed by atoms with Crippen LogP contribution in [0.1, 0.15) is 24.9 Å². The van der Waals surface area contributed by atoms with Crippen molar-refractivity contribution < 1.29 is 18.4 Å². The molecule has 120 valence electrons. The van der Waals surface area contributed by atoms with Crippen LogP contribution in [0.25, 0.3) is 0 Å². The van der Waals surface area contributed by atoms with Gasteiger partial charge in [-0.25, -0.2) is 8.78 Å². The fourth-order valence-electron chi connectivity index (χ4n) is 2.16. The Bertz CT molecular complexity index is 705. The second-order valence-corrected chi connectivity index (χ2v) is 5.04. The Morgan fingerprint density at radius 3 is 2.43 bits per heavy atom. The van der Waals surface area contributed by atoms with Crippen molar-refractivity contribution in [2.24, 2.45) is 0 Å². The predicted molar refractivity (Wildman–Crippen MR) is 82.6 cm³/mol. The summed E-state index contributed by atoms with van der Waals surface area (Å²) >= 11 is 0. The van der Waals surface area contributed by atoms with Gasteiger partial charge in [0, 0.05) is 13.0 Å². The molecule has 2 amide bonds. The SMILES string of the molecule is CC(=O)NC(CC(=O)Nc1cc(F)ccc1F)c1ccccc1. The van der Waals surface area contributed by atoms with Gasteiger partial charge in [-0.3, -0.25) is 9.59 Å². The summed E-state index contributed by atoms with van der Waals surface area (Å²) in [5, 5.41) is 4.99. The van der Waals surface area contributed by atoms with E-state index in [1.54, 1.807) is 24.3 Å². The molecule has 0 radical (unpaired) electrons. The summed E-state index contributed by atoms with van der Waals surface area (Å²) in [5.41, 5.74) is 0.516. The predicted octanol–water partition coefficient (Wildman–Crippen LogP) is 3.17. The van der Waals surface area contributed by atoms with E-state index in [0.717, 1.165) is 23.8 Å². The molecule has 0 saturated heterocycles. The fraction of sp³-hybridized carbons (Fsp3) is 0.176. The number of halogens is 2. The summed E-state index contributed by atoms with van der Waals surface area (Å²) < 4.78 is 26.7. The zero-order chi connectivity index (χ0) is 16.8. The highest BCUT2D eigenvalue weighted by atomic mass is 19.1. The van der Waals surface area contributed by atoms with Crippen LogP contribution in [0.5, 0.6) is 0 Å². The van der Waals surface area contributed by atoms with E-state index in [1.165, 1.54) is 6.92 Å². The molecule has 0 aromatic heterocycles. The molecule has 23 heavy (non-hydrogen) atoms. The van der Waals surface area contributed by atoms with E-state index in [-0.39, 0.29) is 18.0 Å². The molecule has 0 spiro atoms. The zero-order valence-corrected chi connectivity index (χ0v) is 12.5. The number of carbonyl (C=O) groups excluding carboxylic acids is 2. The van der Waals surface area contributed by atoms with Crippen LogP contribution in [0, 0.1) is 11.6 Å². The van der Waals surface area contributed by atoms with Crippen LogP contribution in [-0.4, -0.2) is 11.8 Å². The third-order valence-corrected chi connectivity index (χ3v) is 3.17. The van der Waals surface area contributed by atoms with E-state index >= 15 is 0 Å². The Morgan fingerprint density at radius 2 is 1.78 bits per heavy atom. The van der Waals surface area contributed by atoms with Gasteiger partial charge in [0.2, 0.25) is 11.8 Å². The molecule has 0 bridgehead atoms. The number of amides is 2. The van der Waals surface area contributed by atoms with E-state index < -0.39 is 23.6 Å². The quantitative estimate of drug-likeness (QED) is 0.889. The van der Waals surface area contributed by atoms with Crippen molar-refractivity contribution in [3.63, 3.8) is 0 Å². The summed E-state index contributed by atoms with van der Waals surface area (Å²) in [6.45, 7) is 1.35. The van der Waals surface area contributed by atoms with Gasteiger partial charge in [-0.05, 0) is 17.7 Å². The monoisotopic (exact) mass is 318 g/mol. The molecule has 0 fully saturated rings. The first-order chi connectivity index (χ1) is 11.0. The van der Waals surface area contributed by atoms with Gasteiger partial charge in [-0.1, -0.05) is 30.3 Å². The Balaban J connectivity index is 2.11. The van der Waals surface area contributed by atoms with Crippen molar-refractivity contribution in [3.05, 3.63) is 65.7 Å². The van der Waals surface area contributed by atoms with Gasteiger partial charge in [0.15, 0.2) is 0 Å². The van der Waals surface area contributed by atoms with Crippen molar-refractivity contribution in [2.75, 3.05) is 5.32 Å². The van der Waals surface area contributed by atoms with Crippen molar-refractivity contribution in [1.82, 2.24) is 5.32 Å². The van der Waals surface area contributed by atoms with Gasteiger partial charge in [0.1, 0.15) is 11.6 Å². The lowest BCUT2D eigenvalue weighted by Gasteiger charge is -2.18. The van der Waals surface area contributed by atoms with E-state index in [0.29, 0.717) is 0 Å². The van der Waals surface area contributed by atoms with Gasteiger partial charge >= 0.3 is 0 Å². The number of hydrogen-bond donors (Lipinski definition) is 2. The Hall–Kier alpha value is -2.76. The molecular weight excluding hydrogens is 302 g/mol. The molecule has 1 unspecified atom stereocenters. The van der Waals surface area contributed by atoms with Crippen LogP contribution in [0.2, 0.25) is 0 Å². The maximum atomic E-state index is 13.5. The van der Waals surface area contributed by atoms with Crippen LogP contribution >= 0.6 is 0 Å². The van der Waals surface area contributed by atoms with E-state index in [2.05, 4.69) is 10.6 Å². The largest absolute Gasteiger partial charge is 0.349 e. The van der Waals surface area contributed by atoms with Gasteiger partial charge < -0.3 is 10.6 Å². The highest BCUT2D eigenvalue weighted by molar-refractivity contribution is 5.91. The minimum atomic E-state index is -0.726. The molecule has 2 aromatic rings. The maximum Gasteiger partial charge on any atom is 0.226 e. The molecule has 0 aliphatic rings. The van der Waals surface area contributed by atoms with Gasteiger partial charge in [-0.15, -0.1) is 0 Å². The topological polar surface area (TPSA) is 58.2 Å². The van der Waals surface area contributed by atoms with Crippen molar-refractivity contribution in [2.45, 2.75) is 19.4 Å². The fourth-order valence-corrected chi connectivity index (χ4v) is 2.16. The van der Waals surface area contributed by atoms with E-state index in [4.69, 9.17) is 0 Å². The normalized spacial score (nSPS) is 11.6. The number of rotatable bonds is 5. The van der Waals surface area contributed by atoms with Gasteiger partial charge in [0.25, 0.3) is 0 Å². The van der Waals surface area contributed by atoms with Gasteiger partial charge in [-0.2, -0.15) is 0 Å². The number of anilines is 1. The number of hydrogen-bond acceptors (Lipinski definition) is 2. The molecule has 2 aromatic carbocycles. The van der Waals surface area contributed by atoms with Gasteiger partial charge in [0.05, 0.1) is 18.2 Å². The highest BCUT2D eigenvalue weighted by Crippen LogP contribution is 2.19. The maximum absolute atomic E-state index is 13.5. The zero-order valence-electron chi connectivity index (χ0n) is 12.5. The first kappa shape index (κ1) is 16.6. The van der Waals surface area contributed by atoms with Crippen LogP contribution < -0.4 is 10.6 Å². The second kappa shape index (κ2) is 7.49. The molecular formula is C17H16F2N2O2. The van der Waals surface area contributed by atoms with Crippen molar-refractivity contribution in [3.8, 4) is 0 Å². The number of nitrogens with one attached hydrogen (secondary N) is 2. The lowest BCUT2D eigenvalue weighted by atomic mass is 10.0. The third-order valence-electron chi connectivity index (χ3n) is 3.17. The molecule has 0 aliphatic heterocycles. The summed E-state index contributed by atoms with van der Waals surface area (Å²) in [6, 6.07) is 11.2. The minimum Gasteiger partial charge on any atom is -0.349 e. The smallest absolute Gasteiger partial charge is 0.226 e. The summed E-state index contributed by atoms with van der Waals surface area (Å²) in [6.07, 6.45) is -0.0977. The summed E-state index contributed by atoms with van der Waals surface area (Å²) in [5.74, 6) is -2.19. The first-order valence-corrected chi connectivity index (χ1v) is 7.02. The van der Waals surface area contributed by atoms with E-state index in [1.807, 2.05) is 6.07 Å². The lowest BCUT2D eigenvalue weighted by Crippen LogP contribution is -2.29. The highest BCUT2D eigenvalue weighted by Gasteiger charge is 2.18. The third kappa shape index (κ3) is 4.88. The minimum absolute atomic E-state index is 0.0977. The standard InChI is InChI=1S/C17H16F2N2O2/c1-11(22)20-15(12-5-3-2-4-6-12)10-17(23)21-16-9-13(18)7-8-14(16)19/h2-9,15H,10H2,1H3,(H,20,22)(H,21,23). The summed E-state index contributed by atoms with van der Waals surface area (Å²) in [7, 11) is 0. The average molecular weight is 318 g/mol. The van der Waals surface area contributed by atoms with Crippen LogP contribution in [0.15, 0.2) is 48.5 Å². The molecule has 0 heterocycles. The number of benzene rings is 2. The Labute approximate surface area is 132 Å². The number of carbonyl (C=O) groups is 2. The Morgan fingerprint density at radius 1 is 1.09 bits per heavy atom. The molecule has 4 nitrogen and oxygen atoms in total. The van der Waals surface area contributed by atoms with Crippen LogP contribution in [0.3, 0.4) is 0 Å². The molecule has 1 atom stereocenters. The summed E-state index contributed by atoms with van der Waals surface area (Å²) in [4.78, 5) is 23.4. The molecule has 6 heteroatoms. The molecule has 0 aliphatic carbocycles. The van der Waals surface area contributed by atoms with Crippen LogP contribution in [-0.2, 0) is 9.59 Å². The van der Waals surface area contributed by atoms with Crippen molar-refractivity contribution >= 4 is 17.5 Å². The first-order valence-electron chi connectivity index (χ1n) is 7.02. The second-order valence-electron chi connectivity index (χ2n) is 5.04. The van der Waals surface area contributed by atoms with E-state index in [9.17, 15) is 18.4 Å². The molecule has 2 rings (SSSR count). The lowest BCUT2D eigenvalue weighted by molar-refractivity contribution is -0.120. The molecule has 0 saturated carbocycles. The average Bonchev–Trinajstić information content (AvgIpc) is 2.51. The Kier molecular flexibility index (Phi) is 5.41. The van der Waals surface area contributed by atoms with Crippen molar-refractivity contribution in [1.29, 1.82) is 0 Å². The van der Waals surface area contributed by atoms with Crippen LogP contribution in [0.4, 0.5) is 14.5 Å². The molecule has 2 N–H and O–H groups in total.